The zero-order valence-corrected chi connectivity index (χ0v) is 35.5. The molecule has 0 aromatic rings. The lowest BCUT2D eigenvalue weighted by Gasteiger charge is -2.20. The van der Waals surface area contributed by atoms with Crippen molar-refractivity contribution in [1.29, 1.82) is 0 Å². The van der Waals surface area contributed by atoms with Crippen molar-refractivity contribution in [3.8, 4) is 0 Å². The molecule has 54 heavy (non-hydrogen) atoms. The number of nitrogens with two attached hydrogens (primary N) is 1. The van der Waals surface area contributed by atoms with Crippen LogP contribution >= 0.6 is 7.82 Å². The second kappa shape index (κ2) is 38.4. The van der Waals surface area contributed by atoms with Crippen molar-refractivity contribution >= 4 is 25.7 Å². The van der Waals surface area contributed by atoms with E-state index in [1.54, 1.807) is 0 Å². The molecule has 3 unspecified atom stereocenters. The van der Waals surface area contributed by atoms with E-state index >= 15 is 0 Å². The van der Waals surface area contributed by atoms with Gasteiger partial charge in [0.05, 0.1) is 13.2 Å². The van der Waals surface area contributed by atoms with Gasteiger partial charge in [-0.15, -0.1) is 0 Å². The highest BCUT2D eigenvalue weighted by molar-refractivity contribution is 7.47. The van der Waals surface area contributed by atoms with Gasteiger partial charge in [0.15, 0.2) is 6.10 Å². The van der Waals surface area contributed by atoms with E-state index in [0.29, 0.717) is 12.8 Å². The second-order valence-electron chi connectivity index (χ2n) is 15.2. The van der Waals surface area contributed by atoms with Crippen molar-refractivity contribution in [3.63, 3.8) is 0 Å². The van der Waals surface area contributed by atoms with Gasteiger partial charge in [-0.25, -0.2) is 4.57 Å². The molecule has 0 spiro atoms. The molecule has 3 atom stereocenters. The average Bonchev–Trinajstić information content (AvgIpc) is 3.14. The third kappa shape index (κ3) is 37.4. The van der Waals surface area contributed by atoms with Crippen LogP contribution < -0.4 is 5.73 Å². The van der Waals surface area contributed by atoms with Crippen LogP contribution in [0.15, 0.2) is 0 Å². The summed E-state index contributed by atoms with van der Waals surface area (Å²) in [6.07, 6.45) is 36.5. The number of carbonyl (C=O) groups excluding carboxylic acids is 2. The highest BCUT2D eigenvalue weighted by Crippen LogP contribution is 2.43. The number of ether oxygens (including phenoxy) is 2. The van der Waals surface area contributed by atoms with Gasteiger partial charge in [0.2, 0.25) is 0 Å². The number of carboxylic acids is 1. The number of carbonyl (C=O) groups is 3. The summed E-state index contributed by atoms with van der Waals surface area (Å²) in [6.45, 7) is 2.75. The zero-order chi connectivity index (χ0) is 40.0. The van der Waals surface area contributed by atoms with Gasteiger partial charge < -0.3 is 25.2 Å². The number of carboxylic acid groups (broad SMARTS) is 1. The SMILES string of the molecule is CCCCCCCCCCCCCCCCCCCCCCCCCCC(=O)OC(COC(=O)CCCCCCCC)COP(=O)(O)OCC(N)C(=O)O. The van der Waals surface area contributed by atoms with Crippen molar-refractivity contribution in [1.82, 2.24) is 0 Å². The van der Waals surface area contributed by atoms with Crippen LogP contribution in [0.5, 0.6) is 0 Å². The molecule has 0 fully saturated rings. The lowest BCUT2D eigenvalue weighted by atomic mass is 10.0. The monoisotopic (exact) mass is 792 g/mol. The number of phosphoric ester groups is 1. The maximum Gasteiger partial charge on any atom is 0.472 e. The number of esters is 2. The third-order valence-corrected chi connectivity index (χ3v) is 10.8. The molecule has 0 rings (SSSR count). The van der Waals surface area contributed by atoms with Crippen LogP contribution in [0.2, 0.25) is 0 Å². The van der Waals surface area contributed by atoms with Gasteiger partial charge in [0, 0.05) is 12.8 Å². The van der Waals surface area contributed by atoms with E-state index in [-0.39, 0.29) is 19.4 Å². The largest absolute Gasteiger partial charge is 0.480 e. The molecule has 11 nitrogen and oxygen atoms in total. The van der Waals surface area contributed by atoms with Crippen LogP contribution in [0, 0.1) is 0 Å². The average molecular weight is 792 g/mol. The van der Waals surface area contributed by atoms with Crippen LogP contribution in [0.25, 0.3) is 0 Å². The molecule has 0 saturated heterocycles. The lowest BCUT2D eigenvalue weighted by Crippen LogP contribution is -2.34. The molecular weight excluding hydrogens is 709 g/mol. The minimum atomic E-state index is -4.70. The van der Waals surface area contributed by atoms with E-state index < -0.39 is 51.1 Å². The van der Waals surface area contributed by atoms with E-state index in [2.05, 4.69) is 18.4 Å². The Morgan fingerprint density at radius 1 is 0.500 bits per heavy atom. The van der Waals surface area contributed by atoms with Crippen LogP contribution in [-0.4, -0.2) is 59.9 Å². The van der Waals surface area contributed by atoms with E-state index in [1.165, 1.54) is 128 Å². The molecule has 0 saturated carbocycles. The van der Waals surface area contributed by atoms with Crippen LogP contribution in [0.3, 0.4) is 0 Å². The second-order valence-corrected chi connectivity index (χ2v) is 16.7. The summed E-state index contributed by atoms with van der Waals surface area (Å²) in [4.78, 5) is 45.6. The number of unbranched alkanes of at least 4 members (excludes halogenated alkanes) is 28. The Hall–Kier alpha value is -1.52. The number of hydrogen-bond acceptors (Lipinski definition) is 9. The molecule has 320 valence electrons. The van der Waals surface area contributed by atoms with Gasteiger partial charge in [-0.3, -0.25) is 23.4 Å². The van der Waals surface area contributed by atoms with Gasteiger partial charge in [0.1, 0.15) is 12.6 Å². The molecule has 0 bridgehead atoms. The molecule has 0 aromatic heterocycles. The third-order valence-electron chi connectivity index (χ3n) is 9.86. The smallest absolute Gasteiger partial charge is 0.472 e. The summed E-state index contributed by atoms with van der Waals surface area (Å²) >= 11 is 0. The molecule has 0 aliphatic carbocycles. The molecule has 0 aliphatic rings. The molecule has 0 aliphatic heterocycles. The molecule has 4 N–H and O–H groups in total. The van der Waals surface area contributed by atoms with Crippen LogP contribution in [0.1, 0.15) is 219 Å². The fourth-order valence-electron chi connectivity index (χ4n) is 6.36. The Kier molecular flexibility index (Phi) is 37.3. The van der Waals surface area contributed by atoms with E-state index in [0.717, 1.165) is 51.4 Å². The molecule has 0 radical (unpaired) electrons. The topological polar surface area (TPSA) is 172 Å². The molecule has 0 heterocycles. The normalized spacial score (nSPS) is 13.7. The van der Waals surface area contributed by atoms with Gasteiger partial charge in [-0.1, -0.05) is 194 Å². The van der Waals surface area contributed by atoms with E-state index in [1.807, 2.05) is 0 Å². The highest BCUT2D eigenvalue weighted by Gasteiger charge is 2.28. The number of aliphatic carboxylic acids is 1. The summed E-state index contributed by atoms with van der Waals surface area (Å²) in [6, 6.07) is -1.51. The van der Waals surface area contributed by atoms with Crippen molar-refractivity contribution in [2.75, 3.05) is 19.8 Å². The molecule has 0 aromatic carbocycles. The Morgan fingerprint density at radius 3 is 1.17 bits per heavy atom. The Morgan fingerprint density at radius 2 is 0.815 bits per heavy atom. The minimum absolute atomic E-state index is 0.169. The fraction of sp³-hybridized carbons (Fsp3) is 0.929. The first kappa shape index (κ1) is 52.5. The molecule has 0 amide bonds. The maximum atomic E-state index is 12.6. The Labute approximate surface area is 329 Å². The van der Waals surface area contributed by atoms with Crippen molar-refractivity contribution in [2.45, 2.75) is 231 Å². The summed E-state index contributed by atoms with van der Waals surface area (Å²) in [7, 11) is -4.70. The first-order chi connectivity index (χ1) is 26.1. The van der Waals surface area contributed by atoms with E-state index in [4.69, 9.17) is 24.8 Å². The molecular formula is C42H82NO10P. The van der Waals surface area contributed by atoms with Gasteiger partial charge in [-0.2, -0.15) is 0 Å². The minimum Gasteiger partial charge on any atom is -0.480 e. The zero-order valence-electron chi connectivity index (χ0n) is 34.6. The molecule has 12 heteroatoms. The van der Waals surface area contributed by atoms with Crippen molar-refractivity contribution in [2.24, 2.45) is 5.73 Å². The predicted molar refractivity (Wildman–Crippen MR) is 217 cm³/mol. The first-order valence-corrected chi connectivity index (χ1v) is 23.6. The first-order valence-electron chi connectivity index (χ1n) is 22.1. The predicted octanol–water partition coefficient (Wildman–Crippen LogP) is 11.5. The van der Waals surface area contributed by atoms with Gasteiger partial charge in [0.25, 0.3) is 0 Å². The quantitative estimate of drug-likeness (QED) is 0.0305. The summed E-state index contributed by atoms with van der Waals surface area (Å²) in [5.41, 5.74) is 5.31. The fourth-order valence-corrected chi connectivity index (χ4v) is 7.14. The highest BCUT2D eigenvalue weighted by atomic mass is 31.2. The lowest BCUT2D eigenvalue weighted by molar-refractivity contribution is -0.161. The number of hydrogen-bond donors (Lipinski definition) is 3. The van der Waals surface area contributed by atoms with E-state index in [9.17, 15) is 23.8 Å². The van der Waals surface area contributed by atoms with Crippen LogP contribution in [-0.2, 0) is 37.5 Å². The summed E-state index contributed by atoms with van der Waals surface area (Å²) < 4.78 is 32.5. The standard InChI is InChI=1S/C42H82NO10P/c1-3-5-7-9-11-12-13-14-15-16-17-18-19-20-21-22-23-24-25-26-27-28-30-32-34-41(45)53-38(35-50-40(44)33-31-29-10-8-6-4-2)36-51-54(48,49)52-37-39(43)42(46)47/h38-39H,3-37,43H2,1-2H3,(H,46,47)(H,48,49). The Bertz CT molecular complexity index is 937. The number of rotatable bonds is 42. The summed E-state index contributed by atoms with van der Waals surface area (Å²) in [5, 5.41) is 8.85. The summed E-state index contributed by atoms with van der Waals surface area (Å²) in [5.74, 6) is -2.37. The van der Waals surface area contributed by atoms with Crippen molar-refractivity contribution in [3.05, 3.63) is 0 Å². The van der Waals surface area contributed by atoms with Gasteiger partial charge in [-0.05, 0) is 12.8 Å². The number of phosphoric acid groups is 1. The van der Waals surface area contributed by atoms with Crippen LogP contribution in [0.4, 0.5) is 0 Å². The maximum absolute atomic E-state index is 12.6. The Balaban J connectivity index is 4.04. The van der Waals surface area contributed by atoms with Crippen molar-refractivity contribution < 1.29 is 47.5 Å². The van der Waals surface area contributed by atoms with Gasteiger partial charge >= 0.3 is 25.7 Å².